The zero-order valence-electron chi connectivity index (χ0n) is 16.2. The van der Waals surface area contributed by atoms with Gasteiger partial charge in [-0.25, -0.2) is 0 Å². The van der Waals surface area contributed by atoms with E-state index >= 15 is 0 Å². The lowest BCUT2D eigenvalue weighted by atomic mass is 9.93. The molecule has 30 heavy (non-hydrogen) atoms. The average Bonchev–Trinajstić information content (AvgIpc) is 2.92. The first-order valence-corrected chi connectivity index (χ1v) is 9.07. The lowest BCUT2D eigenvalue weighted by Crippen LogP contribution is -2.22. The Hall–Kier alpha value is -3.49. The minimum atomic E-state index is -4.83. The zero-order valence-corrected chi connectivity index (χ0v) is 16.2. The van der Waals surface area contributed by atoms with Crippen molar-refractivity contribution in [3.63, 3.8) is 0 Å². The van der Waals surface area contributed by atoms with Gasteiger partial charge >= 0.3 is 6.36 Å². The van der Waals surface area contributed by atoms with Crippen LogP contribution in [0.4, 0.5) is 13.2 Å². The van der Waals surface area contributed by atoms with Crippen LogP contribution in [-0.4, -0.2) is 27.9 Å². The first kappa shape index (κ1) is 21.2. The second-order valence-electron chi connectivity index (χ2n) is 6.78. The molecule has 0 aliphatic rings. The van der Waals surface area contributed by atoms with Crippen molar-refractivity contribution in [1.29, 1.82) is 0 Å². The molecule has 1 atom stereocenters. The number of aromatic hydroxyl groups is 1. The summed E-state index contributed by atoms with van der Waals surface area (Å²) in [4.78, 5) is 25.2. The molecule has 0 saturated heterocycles. The van der Waals surface area contributed by atoms with Gasteiger partial charge in [-0.05, 0) is 61.4 Å². The molecule has 0 radical (unpaired) electrons. The van der Waals surface area contributed by atoms with Crippen LogP contribution in [0.15, 0.2) is 42.5 Å². The van der Waals surface area contributed by atoms with E-state index in [1.165, 1.54) is 34.9 Å². The highest BCUT2D eigenvalue weighted by molar-refractivity contribution is 6.05. The smallest absolute Gasteiger partial charge is 0.508 e. The topological polar surface area (TPSA) is 94.6 Å². The van der Waals surface area contributed by atoms with Gasteiger partial charge in [0.2, 0.25) is 5.91 Å². The number of amides is 1. The number of primary amides is 1. The number of hydrogen-bond acceptors (Lipinski definition) is 4. The summed E-state index contributed by atoms with van der Waals surface area (Å²) in [6.07, 6.45) is -4.44. The number of carbonyl (C=O) groups is 2. The third-order valence-electron chi connectivity index (χ3n) is 4.87. The molecule has 0 aliphatic carbocycles. The number of benzene rings is 2. The summed E-state index contributed by atoms with van der Waals surface area (Å²) in [7, 11) is 0. The number of halogens is 3. The number of ether oxygens (including phenoxy) is 1. The second kappa shape index (κ2) is 7.74. The minimum Gasteiger partial charge on any atom is -0.508 e. The molecule has 0 bridgehead atoms. The van der Waals surface area contributed by atoms with Gasteiger partial charge in [0.25, 0.3) is 5.91 Å². The molecule has 1 aromatic heterocycles. The third-order valence-corrected chi connectivity index (χ3v) is 4.87. The number of fused-ring (bicyclic) bond motifs is 1. The number of aromatic nitrogens is 1. The van der Waals surface area contributed by atoms with Crippen molar-refractivity contribution in [2.24, 2.45) is 5.73 Å². The number of alkyl halides is 3. The molecule has 0 aliphatic heterocycles. The lowest BCUT2D eigenvalue weighted by Gasteiger charge is -2.13. The van der Waals surface area contributed by atoms with Gasteiger partial charge in [-0.15, -0.1) is 13.2 Å². The SMILES string of the molecule is CCC(C(N)=O)c1c(C)n(C(=O)c2ccc(OC(F)(F)F)cc2)c2ccc(O)cc12. The molecule has 3 aromatic rings. The van der Waals surface area contributed by atoms with E-state index in [1.54, 1.807) is 13.8 Å². The van der Waals surface area contributed by atoms with Crippen molar-refractivity contribution in [2.75, 3.05) is 0 Å². The Morgan fingerprint density at radius 1 is 1.17 bits per heavy atom. The second-order valence-corrected chi connectivity index (χ2v) is 6.78. The zero-order chi connectivity index (χ0) is 22.2. The molecule has 0 spiro atoms. The molecule has 0 fully saturated rings. The number of nitrogens with two attached hydrogens (primary N) is 1. The summed E-state index contributed by atoms with van der Waals surface area (Å²) < 4.78 is 42.2. The lowest BCUT2D eigenvalue weighted by molar-refractivity contribution is -0.274. The fraction of sp³-hybridized carbons (Fsp3) is 0.238. The van der Waals surface area contributed by atoms with Crippen LogP contribution in [0.2, 0.25) is 0 Å². The predicted octanol–water partition coefficient (Wildman–Crippen LogP) is 4.22. The van der Waals surface area contributed by atoms with Gasteiger partial charge in [0.15, 0.2) is 0 Å². The number of phenolic OH excluding ortho intramolecular Hbond substituents is 1. The highest BCUT2D eigenvalue weighted by atomic mass is 19.4. The number of nitrogens with zero attached hydrogens (tertiary/aromatic N) is 1. The van der Waals surface area contributed by atoms with E-state index in [1.807, 2.05) is 0 Å². The molecule has 9 heteroatoms. The first-order valence-electron chi connectivity index (χ1n) is 9.07. The third kappa shape index (κ3) is 3.96. The van der Waals surface area contributed by atoms with Gasteiger partial charge in [-0.2, -0.15) is 0 Å². The van der Waals surface area contributed by atoms with Crippen molar-refractivity contribution < 1.29 is 32.6 Å². The highest BCUT2D eigenvalue weighted by Gasteiger charge is 2.31. The van der Waals surface area contributed by atoms with Crippen LogP contribution in [0.5, 0.6) is 11.5 Å². The molecule has 3 rings (SSSR count). The first-order chi connectivity index (χ1) is 14.0. The van der Waals surface area contributed by atoms with Crippen LogP contribution in [-0.2, 0) is 4.79 Å². The van der Waals surface area contributed by atoms with Gasteiger partial charge in [0, 0.05) is 16.6 Å². The maximum Gasteiger partial charge on any atom is 0.573 e. The number of hydrogen-bond donors (Lipinski definition) is 2. The summed E-state index contributed by atoms with van der Waals surface area (Å²) in [5, 5.41) is 10.4. The van der Waals surface area contributed by atoms with E-state index in [-0.39, 0.29) is 11.3 Å². The summed E-state index contributed by atoms with van der Waals surface area (Å²) in [5.74, 6) is -2.23. The standard InChI is InChI=1S/C21H19F3N2O4/c1-3-15(19(25)28)18-11(2)26(17-9-6-13(27)10-16(17)18)20(29)12-4-7-14(8-5-12)30-21(22,23)24/h4-10,15,27H,3H2,1-2H3,(H2,25,28). The molecule has 2 aromatic carbocycles. The Kier molecular flexibility index (Phi) is 5.47. The minimum absolute atomic E-state index is 0.0404. The fourth-order valence-corrected chi connectivity index (χ4v) is 3.61. The number of carbonyl (C=O) groups excluding carboxylic acids is 2. The Morgan fingerprint density at radius 3 is 2.33 bits per heavy atom. The van der Waals surface area contributed by atoms with Crippen LogP contribution in [0.3, 0.4) is 0 Å². The van der Waals surface area contributed by atoms with Crippen LogP contribution in [0.1, 0.15) is 40.9 Å². The molecule has 1 unspecified atom stereocenters. The monoisotopic (exact) mass is 420 g/mol. The Bertz CT molecular complexity index is 1120. The van der Waals surface area contributed by atoms with Crippen molar-refractivity contribution >= 4 is 22.7 Å². The Morgan fingerprint density at radius 2 is 1.80 bits per heavy atom. The van der Waals surface area contributed by atoms with Crippen molar-refractivity contribution in [3.05, 3.63) is 59.3 Å². The van der Waals surface area contributed by atoms with Crippen LogP contribution < -0.4 is 10.5 Å². The van der Waals surface area contributed by atoms with Crippen molar-refractivity contribution in [1.82, 2.24) is 4.57 Å². The van der Waals surface area contributed by atoms with Crippen LogP contribution >= 0.6 is 0 Å². The normalized spacial score (nSPS) is 12.7. The predicted molar refractivity (Wildman–Crippen MR) is 103 cm³/mol. The molecule has 158 valence electrons. The van der Waals surface area contributed by atoms with Crippen molar-refractivity contribution in [2.45, 2.75) is 32.5 Å². The maximum absolute atomic E-state index is 13.2. The highest BCUT2D eigenvalue weighted by Crippen LogP contribution is 2.36. The van der Waals surface area contributed by atoms with Crippen molar-refractivity contribution in [3.8, 4) is 11.5 Å². The van der Waals surface area contributed by atoms with Gasteiger partial charge < -0.3 is 15.6 Å². The van der Waals surface area contributed by atoms with Crippen LogP contribution in [0.25, 0.3) is 10.9 Å². The van der Waals surface area contributed by atoms with E-state index in [0.717, 1.165) is 12.1 Å². The van der Waals surface area contributed by atoms with E-state index < -0.39 is 29.8 Å². The van der Waals surface area contributed by atoms with Crippen LogP contribution in [0, 0.1) is 6.92 Å². The Labute approximate surface area is 169 Å². The maximum atomic E-state index is 13.2. The van der Waals surface area contributed by atoms with E-state index in [4.69, 9.17) is 5.73 Å². The molecule has 0 saturated carbocycles. The summed E-state index contributed by atoms with van der Waals surface area (Å²) in [5.41, 5.74) is 7.09. The number of phenols is 1. The Balaban J connectivity index is 2.13. The quantitative estimate of drug-likeness (QED) is 0.646. The summed E-state index contributed by atoms with van der Waals surface area (Å²) in [6.45, 7) is 3.43. The van der Waals surface area contributed by atoms with E-state index in [0.29, 0.717) is 28.6 Å². The molecule has 3 N–H and O–H groups in total. The van der Waals surface area contributed by atoms with Gasteiger partial charge in [0.1, 0.15) is 11.5 Å². The summed E-state index contributed by atoms with van der Waals surface area (Å²) >= 11 is 0. The largest absolute Gasteiger partial charge is 0.573 e. The molecule has 6 nitrogen and oxygen atoms in total. The fourth-order valence-electron chi connectivity index (χ4n) is 3.61. The van der Waals surface area contributed by atoms with Gasteiger partial charge in [0.05, 0.1) is 11.4 Å². The molecular formula is C21H19F3N2O4. The van der Waals surface area contributed by atoms with E-state index in [2.05, 4.69) is 4.74 Å². The molecule has 1 heterocycles. The molecule has 1 amide bonds. The average molecular weight is 420 g/mol. The summed E-state index contributed by atoms with van der Waals surface area (Å²) in [6, 6.07) is 8.93. The molecular weight excluding hydrogens is 401 g/mol. The van der Waals surface area contributed by atoms with Gasteiger partial charge in [-0.3, -0.25) is 14.2 Å². The number of rotatable bonds is 5. The van der Waals surface area contributed by atoms with Gasteiger partial charge in [-0.1, -0.05) is 6.92 Å². The van der Waals surface area contributed by atoms with E-state index in [9.17, 15) is 27.9 Å².